The molecule has 1 aliphatic rings. The van der Waals surface area contributed by atoms with Crippen LogP contribution in [0.2, 0.25) is 0 Å². The maximum atomic E-state index is 13.5. The van der Waals surface area contributed by atoms with Gasteiger partial charge in [-0.05, 0) is 80.2 Å². The molecule has 2 heterocycles. The van der Waals surface area contributed by atoms with Crippen molar-refractivity contribution in [2.24, 2.45) is 11.3 Å². The molecule has 202 valence electrons. The van der Waals surface area contributed by atoms with Gasteiger partial charge in [0.15, 0.2) is 0 Å². The minimum absolute atomic E-state index is 0.0145. The Kier molecular flexibility index (Phi) is 8.25. The largest absolute Gasteiger partial charge is 0.354 e. The summed E-state index contributed by atoms with van der Waals surface area (Å²) in [6.07, 6.45) is 6.69. The Bertz CT molecular complexity index is 1300. The van der Waals surface area contributed by atoms with E-state index in [9.17, 15) is 4.79 Å². The quantitative estimate of drug-likeness (QED) is 0.322. The van der Waals surface area contributed by atoms with Crippen LogP contribution < -0.4 is 5.32 Å². The number of benzene rings is 1. The molecular formula is C33H44N4O. The average Bonchev–Trinajstić information content (AvgIpc) is 2.88. The first-order chi connectivity index (χ1) is 18.0. The molecule has 38 heavy (non-hydrogen) atoms. The Morgan fingerprint density at radius 3 is 2.39 bits per heavy atom. The van der Waals surface area contributed by atoms with Crippen LogP contribution in [0.3, 0.4) is 0 Å². The summed E-state index contributed by atoms with van der Waals surface area (Å²) in [5, 5.41) is 3.62. The first-order valence-corrected chi connectivity index (χ1v) is 14.1. The molecule has 0 aliphatic heterocycles. The van der Waals surface area contributed by atoms with E-state index in [-0.39, 0.29) is 23.3 Å². The second-order valence-electron chi connectivity index (χ2n) is 12.2. The number of nitrogens with one attached hydrogen (secondary N) is 1. The summed E-state index contributed by atoms with van der Waals surface area (Å²) >= 11 is 0. The van der Waals surface area contributed by atoms with Crippen molar-refractivity contribution in [2.75, 3.05) is 12.4 Å². The minimum Gasteiger partial charge on any atom is -0.354 e. The van der Waals surface area contributed by atoms with Crippen LogP contribution >= 0.6 is 0 Å². The molecule has 1 amide bonds. The van der Waals surface area contributed by atoms with Gasteiger partial charge in [-0.1, -0.05) is 58.9 Å². The summed E-state index contributed by atoms with van der Waals surface area (Å²) in [4.78, 5) is 25.0. The van der Waals surface area contributed by atoms with Crippen LogP contribution in [-0.4, -0.2) is 27.8 Å². The van der Waals surface area contributed by atoms with Crippen molar-refractivity contribution >= 4 is 28.3 Å². The van der Waals surface area contributed by atoms with Crippen molar-refractivity contribution in [1.29, 1.82) is 0 Å². The summed E-state index contributed by atoms with van der Waals surface area (Å²) in [5.74, 6) is 0.689. The third-order valence-corrected chi connectivity index (χ3v) is 8.10. The van der Waals surface area contributed by atoms with Gasteiger partial charge in [0.1, 0.15) is 0 Å². The number of aryl methyl sites for hydroxylation is 1. The van der Waals surface area contributed by atoms with Crippen LogP contribution in [0, 0.1) is 18.3 Å². The van der Waals surface area contributed by atoms with Gasteiger partial charge < -0.3 is 10.2 Å². The molecule has 0 radical (unpaired) electrons. The van der Waals surface area contributed by atoms with Gasteiger partial charge in [-0.15, -0.1) is 0 Å². The predicted molar refractivity (Wildman–Crippen MR) is 159 cm³/mol. The monoisotopic (exact) mass is 512 g/mol. The topological polar surface area (TPSA) is 58.1 Å². The Labute approximate surface area is 228 Å². The second kappa shape index (κ2) is 11.3. The molecular weight excluding hydrogens is 468 g/mol. The standard InChI is InChI=1S/C33H44N4O/c1-9-22(3)29-28(20-34-27-19-12-23(4)35-30(27)29)36-26-17-15-24(16-18-26)31(33(5,6)7)37(8)32(38)25-13-10-21(2)11-14-25/h12,15-20,22,25,31,36H,2,9-11,13-14H2,1,3-8H3/t22-,31+/m1/s1. The molecule has 5 heteroatoms. The lowest BCUT2D eigenvalue weighted by molar-refractivity contribution is -0.139. The van der Waals surface area contributed by atoms with Crippen molar-refractivity contribution < 1.29 is 4.79 Å². The number of allylic oxidation sites excluding steroid dienone is 1. The lowest BCUT2D eigenvalue weighted by Crippen LogP contribution is -2.42. The van der Waals surface area contributed by atoms with Crippen molar-refractivity contribution in [1.82, 2.24) is 14.9 Å². The first kappa shape index (κ1) is 27.8. The van der Waals surface area contributed by atoms with E-state index in [1.54, 1.807) is 0 Å². The van der Waals surface area contributed by atoms with Crippen LogP contribution in [-0.2, 0) is 4.79 Å². The zero-order valence-electron chi connectivity index (χ0n) is 24.3. The molecule has 2 aromatic heterocycles. The maximum Gasteiger partial charge on any atom is 0.225 e. The number of pyridine rings is 2. The lowest BCUT2D eigenvalue weighted by Gasteiger charge is -2.40. The fraction of sp³-hybridized carbons (Fsp3) is 0.485. The van der Waals surface area contributed by atoms with E-state index in [4.69, 9.17) is 9.97 Å². The van der Waals surface area contributed by atoms with Crippen LogP contribution in [0.1, 0.15) is 95.5 Å². The summed E-state index contributed by atoms with van der Waals surface area (Å²) in [6, 6.07) is 12.6. The van der Waals surface area contributed by atoms with Crippen molar-refractivity contribution in [3.63, 3.8) is 0 Å². The number of amides is 1. The molecule has 5 nitrogen and oxygen atoms in total. The maximum absolute atomic E-state index is 13.5. The normalized spacial score (nSPS) is 16.3. The molecule has 0 unspecified atom stereocenters. The van der Waals surface area contributed by atoms with E-state index in [0.717, 1.165) is 65.8 Å². The average molecular weight is 513 g/mol. The number of hydrogen-bond acceptors (Lipinski definition) is 4. The molecule has 2 atom stereocenters. The second-order valence-corrected chi connectivity index (χ2v) is 12.2. The lowest BCUT2D eigenvalue weighted by atomic mass is 9.79. The van der Waals surface area contributed by atoms with Gasteiger partial charge in [-0.3, -0.25) is 14.8 Å². The number of aromatic nitrogens is 2. The number of anilines is 2. The van der Waals surface area contributed by atoms with E-state index < -0.39 is 0 Å². The van der Waals surface area contributed by atoms with Gasteiger partial charge in [-0.2, -0.15) is 0 Å². The summed E-state index contributed by atoms with van der Waals surface area (Å²) in [5.41, 5.74) is 8.42. The zero-order valence-corrected chi connectivity index (χ0v) is 24.3. The third-order valence-electron chi connectivity index (χ3n) is 8.10. The Balaban J connectivity index is 1.61. The van der Waals surface area contributed by atoms with E-state index in [1.807, 2.05) is 31.1 Å². The van der Waals surface area contributed by atoms with Crippen molar-refractivity contribution in [3.05, 3.63) is 71.6 Å². The number of carbonyl (C=O) groups excluding carboxylic acids is 1. The van der Waals surface area contributed by atoms with E-state index in [0.29, 0.717) is 5.92 Å². The number of carbonyl (C=O) groups is 1. The fourth-order valence-electron chi connectivity index (χ4n) is 5.88. The zero-order chi connectivity index (χ0) is 27.6. The molecule has 1 aliphatic carbocycles. The number of hydrogen-bond donors (Lipinski definition) is 1. The van der Waals surface area contributed by atoms with Gasteiger partial charge in [-0.25, -0.2) is 0 Å². The molecule has 1 saturated carbocycles. The smallest absolute Gasteiger partial charge is 0.225 e. The van der Waals surface area contributed by atoms with Gasteiger partial charge in [0, 0.05) is 29.9 Å². The molecule has 1 fully saturated rings. The highest BCUT2D eigenvalue weighted by Gasteiger charge is 2.35. The van der Waals surface area contributed by atoms with E-state index in [1.165, 1.54) is 11.1 Å². The fourth-order valence-corrected chi connectivity index (χ4v) is 5.88. The number of nitrogens with zero attached hydrogens (tertiary/aromatic N) is 3. The van der Waals surface area contributed by atoms with E-state index >= 15 is 0 Å². The number of rotatable bonds is 7. The number of fused-ring (bicyclic) bond motifs is 1. The van der Waals surface area contributed by atoms with Gasteiger partial charge >= 0.3 is 0 Å². The Morgan fingerprint density at radius 1 is 1.13 bits per heavy atom. The van der Waals surface area contributed by atoms with Gasteiger partial charge in [0.25, 0.3) is 0 Å². The molecule has 0 saturated heterocycles. The minimum atomic E-state index is -0.104. The van der Waals surface area contributed by atoms with E-state index in [2.05, 4.69) is 76.8 Å². The van der Waals surface area contributed by atoms with Crippen molar-refractivity contribution in [3.8, 4) is 0 Å². The molecule has 4 rings (SSSR count). The SMILES string of the molecule is C=C1CCC(C(=O)N(C)[C@@H](c2ccc(Nc3cnc4ccc(C)nc4c3[C@H](C)CC)cc2)C(C)(C)C)CC1. The highest BCUT2D eigenvalue weighted by Crippen LogP contribution is 2.40. The molecule has 0 bridgehead atoms. The first-order valence-electron chi connectivity index (χ1n) is 14.1. The summed E-state index contributed by atoms with van der Waals surface area (Å²) in [6.45, 7) is 17.2. The molecule has 0 spiro atoms. The highest BCUT2D eigenvalue weighted by molar-refractivity contribution is 5.85. The highest BCUT2D eigenvalue weighted by atomic mass is 16.2. The van der Waals surface area contributed by atoms with Crippen molar-refractivity contribution in [2.45, 2.75) is 85.6 Å². The Morgan fingerprint density at radius 2 is 1.79 bits per heavy atom. The summed E-state index contributed by atoms with van der Waals surface area (Å²) in [7, 11) is 1.97. The predicted octanol–water partition coefficient (Wildman–Crippen LogP) is 8.49. The third kappa shape index (κ3) is 5.92. The van der Waals surface area contributed by atoms with Crippen LogP contribution in [0.5, 0.6) is 0 Å². The molecule has 1 aromatic carbocycles. The van der Waals surface area contributed by atoms with Crippen LogP contribution in [0.25, 0.3) is 11.0 Å². The Hall–Kier alpha value is -3.21. The summed E-state index contributed by atoms with van der Waals surface area (Å²) < 4.78 is 0. The van der Waals surface area contributed by atoms with Crippen LogP contribution in [0.4, 0.5) is 11.4 Å². The molecule has 3 aromatic rings. The molecule has 1 N–H and O–H groups in total. The van der Waals surface area contributed by atoms with Gasteiger partial charge in [0.05, 0.1) is 29.0 Å². The van der Waals surface area contributed by atoms with Crippen LogP contribution in [0.15, 0.2) is 54.7 Å². The van der Waals surface area contributed by atoms with Gasteiger partial charge in [0.2, 0.25) is 5.91 Å².